The van der Waals surface area contributed by atoms with E-state index in [1.165, 1.54) is 6.21 Å². The van der Waals surface area contributed by atoms with Crippen LogP contribution in [-0.2, 0) is 15.7 Å². The van der Waals surface area contributed by atoms with Crippen molar-refractivity contribution in [3.05, 3.63) is 47.9 Å². The molecule has 1 aliphatic heterocycles. The van der Waals surface area contributed by atoms with E-state index in [2.05, 4.69) is 24.7 Å². The van der Waals surface area contributed by atoms with Crippen LogP contribution in [0.3, 0.4) is 0 Å². The first-order valence-corrected chi connectivity index (χ1v) is 9.39. The number of alkyl halides is 5. The van der Waals surface area contributed by atoms with Crippen molar-refractivity contribution in [2.75, 3.05) is 20.3 Å². The van der Waals surface area contributed by atoms with Crippen LogP contribution in [0.1, 0.15) is 17.2 Å². The first-order valence-electron chi connectivity index (χ1n) is 9.39. The van der Waals surface area contributed by atoms with E-state index in [-0.39, 0.29) is 23.5 Å². The van der Waals surface area contributed by atoms with Gasteiger partial charge < -0.3 is 19.2 Å². The Bertz CT molecular complexity index is 1130. The van der Waals surface area contributed by atoms with Crippen molar-refractivity contribution < 1.29 is 36.2 Å². The summed E-state index contributed by atoms with van der Waals surface area (Å²) in [6.07, 6.45) is -6.44. The van der Waals surface area contributed by atoms with E-state index in [0.29, 0.717) is 11.3 Å². The lowest BCUT2D eigenvalue weighted by Crippen LogP contribution is -2.38. The molecule has 1 aromatic carbocycles. The van der Waals surface area contributed by atoms with Crippen LogP contribution in [0.15, 0.2) is 41.7 Å². The first kappa shape index (κ1) is 22.1. The summed E-state index contributed by atoms with van der Waals surface area (Å²) in [5, 5.41) is 0.0693. The molecule has 0 saturated heterocycles. The minimum atomic E-state index is -4.59. The second-order valence-electron chi connectivity index (χ2n) is 6.98. The molecule has 0 fully saturated rings. The number of ether oxygens (including phenoxy) is 3. The van der Waals surface area contributed by atoms with Gasteiger partial charge in [0.25, 0.3) is 0 Å². The highest BCUT2D eigenvalue weighted by atomic mass is 19.4. The average molecular weight is 456 g/mol. The summed E-state index contributed by atoms with van der Waals surface area (Å²) in [5.41, 5.74) is -0.383. The molecule has 170 valence electrons. The Labute approximate surface area is 178 Å². The van der Waals surface area contributed by atoms with Gasteiger partial charge >= 0.3 is 12.3 Å². The third-order valence-corrected chi connectivity index (χ3v) is 4.91. The van der Waals surface area contributed by atoms with Gasteiger partial charge in [-0.2, -0.15) is 22.0 Å². The molecular formula is C20H17F5N4O3. The monoisotopic (exact) mass is 456 g/mol. The van der Waals surface area contributed by atoms with Crippen molar-refractivity contribution in [2.24, 2.45) is 4.99 Å². The van der Waals surface area contributed by atoms with E-state index in [1.54, 1.807) is 24.3 Å². The van der Waals surface area contributed by atoms with Crippen LogP contribution in [0.5, 0.6) is 5.75 Å². The standard InChI is InChI=1S/C20H17F5N4O3/c1-30-19(21,22)9-32-15-8-31-14-5-3-2-4-11(14)13(15)7-26-17-12-6-16(20(23,24)25)29-18(12)28-10-27-17/h2-7,10,13,15H,8-9H2,1H3,(H,27,28,29). The molecule has 0 radical (unpaired) electrons. The van der Waals surface area contributed by atoms with Gasteiger partial charge in [0.1, 0.15) is 42.7 Å². The molecule has 1 N–H and O–H groups in total. The molecule has 0 saturated carbocycles. The van der Waals surface area contributed by atoms with E-state index < -0.39 is 36.6 Å². The Hall–Kier alpha value is -3.12. The summed E-state index contributed by atoms with van der Waals surface area (Å²) in [6, 6.07) is 7.79. The molecule has 3 heterocycles. The first-order chi connectivity index (χ1) is 15.2. The Morgan fingerprint density at radius 3 is 2.75 bits per heavy atom. The molecule has 32 heavy (non-hydrogen) atoms. The lowest BCUT2D eigenvalue weighted by molar-refractivity contribution is -0.258. The number of rotatable bonds is 6. The molecule has 0 amide bonds. The smallest absolute Gasteiger partial charge is 0.431 e. The summed E-state index contributed by atoms with van der Waals surface area (Å²) >= 11 is 0. The lowest BCUT2D eigenvalue weighted by atomic mass is 9.91. The number of hydrogen-bond acceptors (Lipinski definition) is 6. The number of halogens is 5. The van der Waals surface area contributed by atoms with E-state index in [4.69, 9.17) is 9.47 Å². The van der Waals surface area contributed by atoms with E-state index in [1.807, 2.05) is 0 Å². The van der Waals surface area contributed by atoms with Crippen LogP contribution in [0.2, 0.25) is 0 Å². The number of aromatic nitrogens is 3. The van der Waals surface area contributed by atoms with Crippen LogP contribution in [-0.4, -0.2) is 53.7 Å². The highest BCUT2D eigenvalue weighted by molar-refractivity contribution is 5.88. The predicted octanol–water partition coefficient (Wildman–Crippen LogP) is 4.48. The number of nitrogens with zero attached hydrogens (tertiary/aromatic N) is 3. The van der Waals surface area contributed by atoms with Crippen molar-refractivity contribution in [2.45, 2.75) is 24.3 Å². The Morgan fingerprint density at radius 1 is 1.22 bits per heavy atom. The summed E-state index contributed by atoms with van der Waals surface area (Å²) in [4.78, 5) is 14.2. The van der Waals surface area contributed by atoms with Gasteiger partial charge in [-0.3, -0.25) is 0 Å². The zero-order valence-corrected chi connectivity index (χ0v) is 16.6. The number of benzene rings is 1. The molecule has 12 heteroatoms. The van der Waals surface area contributed by atoms with Gasteiger partial charge in [-0.25, -0.2) is 15.0 Å². The van der Waals surface area contributed by atoms with Crippen molar-refractivity contribution in [3.63, 3.8) is 0 Å². The van der Waals surface area contributed by atoms with Crippen LogP contribution >= 0.6 is 0 Å². The molecule has 1 aliphatic rings. The number of fused-ring (bicyclic) bond motifs is 2. The maximum Gasteiger partial charge on any atom is 0.431 e. The second kappa shape index (κ2) is 8.43. The van der Waals surface area contributed by atoms with Gasteiger partial charge in [-0.05, 0) is 12.1 Å². The third kappa shape index (κ3) is 4.55. The number of aliphatic imine (C=N–C) groups is 1. The topological polar surface area (TPSA) is 81.6 Å². The molecule has 0 aliphatic carbocycles. The maximum atomic E-state index is 13.5. The Balaban J connectivity index is 1.67. The number of para-hydroxylation sites is 1. The van der Waals surface area contributed by atoms with Crippen LogP contribution in [0.25, 0.3) is 11.0 Å². The molecule has 3 aromatic rings. The van der Waals surface area contributed by atoms with E-state index >= 15 is 0 Å². The fourth-order valence-corrected chi connectivity index (χ4v) is 3.29. The fourth-order valence-electron chi connectivity index (χ4n) is 3.29. The predicted molar refractivity (Wildman–Crippen MR) is 103 cm³/mol. The van der Waals surface area contributed by atoms with Gasteiger partial charge in [0, 0.05) is 18.9 Å². The summed E-state index contributed by atoms with van der Waals surface area (Å²) in [6.45, 7) is -1.04. The van der Waals surface area contributed by atoms with Crippen LogP contribution in [0.4, 0.5) is 27.8 Å². The number of hydrogen-bond donors (Lipinski definition) is 1. The Kier molecular flexibility index (Phi) is 5.82. The van der Waals surface area contributed by atoms with E-state index in [0.717, 1.165) is 19.5 Å². The summed E-state index contributed by atoms with van der Waals surface area (Å²) in [7, 11) is 0.863. The third-order valence-electron chi connectivity index (χ3n) is 4.91. The summed E-state index contributed by atoms with van der Waals surface area (Å²) < 4.78 is 81.2. The largest absolute Gasteiger partial charge is 0.491 e. The van der Waals surface area contributed by atoms with Crippen molar-refractivity contribution in [3.8, 4) is 5.75 Å². The van der Waals surface area contributed by atoms with Gasteiger partial charge in [-0.1, -0.05) is 18.2 Å². The van der Waals surface area contributed by atoms with Gasteiger partial charge in [-0.15, -0.1) is 0 Å². The van der Waals surface area contributed by atoms with Crippen molar-refractivity contribution in [1.29, 1.82) is 0 Å². The van der Waals surface area contributed by atoms with Gasteiger partial charge in [0.05, 0.1) is 11.3 Å². The SMILES string of the molecule is COC(F)(F)COC1COc2ccccc2C1C=Nc1ncnc2[nH]c(C(F)(F)F)cc12. The molecule has 2 aromatic heterocycles. The molecule has 2 unspecified atom stereocenters. The zero-order chi connectivity index (χ0) is 22.9. The lowest BCUT2D eigenvalue weighted by Gasteiger charge is -2.32. The number of aromatic amines is 1. The highest BCUT2D eigenvalue weighted by Crippen LogP contribution is 2.36. The van der Waals surface area contributed by atoms with Crippen molar-refractivity contribution >= 4 is 23.1 Å². The average Bonchev–Trinajstić information content (AvgIpc) is 3.22. The zero-order valence-electron chi connectivity index (χ0n) is 16.6. The molecule has 2 atom stereocenters. The Morgan fingerprint density at radius 2 is 2.00 bits per heavy atom. The molecule has 0 spiro atoms. The van der Waals surface area contributed by atoms with Crippen LogP contribution in [0, 0.1) is 0 Å². The number of methoxy groups -OCH3 is 1. The van der Waals surface area contributed by atoms with E-state index in [9.17, 15) is 22.0 Å². The quantitative estimate of drug-likeness (QED) is 0.437. The summed E-state index contributed by atoms with van der Waals surface area (Å²) in [5.74, 6) is -0.110. The van der Waals surface area contributed by atoms with Gasteiger partial charge in [0.15, 0.2) is 5.82 Å². The highest BCUT2D eigenvalue weighted by Gasteiger charge is 2.36. The fraction of sp³-hybridized carbons (Fsp3) is 0.350. The normalized spacial score (nSPS) is 19.3. The molecule has 7 nitrogen and oxygen atoms in total. The number of H-pyrrole nitrogens is 1. The van der Waals surface area contributed by atoms with Gasteiger partial charge in [0.2, 0.25) is 0 Å². The number of nitrogens with one attached hydrogen (secondary N) is 1. The maximum absolute atomic E-state index is 13.5. The second-order valence-corrected chi connectivity index (χ2v) is 6.98. The molecule has 0 bridgehead atoms. The minimum Gasteiger partial charge on any atom is -0.491 e. The van der Waals surface area contributed by atoms with Crippen LogP contribution < -0.4 is 4.74 Å². The molecular weight excluding hydrogens is 439 g/mol. The molecule has 4 rings (SSSR count). The minimum absolute atomic E-state index is 0.00769. The van der Waals surface area contributed by atoms with Crippen molar-refractivity contribution in [1.82, 2.24) is 15.0 Å².